The summed E-state index contributed by atoms with van der Waals surface area (Å²) in [6.45, 7) is 3.34. The fraction of sp³-hybridized carbons (Fsp3) is 0.300. The number of nitrogens with two attached hydrogens (primary N) is 1. The number of aromatic nitrogens is 2. The van der Waals surface area contributed by atoms with Crippen LogP contribution >= 0.6 is 11.3 Å². The second kappa shape index (κ2) is 8.72. The van der Waals surface area contributed by atoms with Crippen molar-refractivity contribution >= 4 is 40.0 Å². The molecule has 0 aliphatic rings. The molecule has 0 spiro atoms. The number of rotatable bonds is 7. The number of ether oxygens (including phenoxy) is 2. The number of hydrogen-bond acceptors (Lipinski definition) is 8. The van der Waals surface area contributed by atoms with Crippen molar-refractivity contribution in [2.24, 2.45) is 11.7 Å². The Morgan fingerprint density at radius 1 is 1.30 bits per heavy atom. The molecule has 2 heterocycles. The summed E-state index contributed by atoms with van der Waals surface area (Å²) < 4.78 is 25.1. The SMILES string of the molecule is COC(=O)c1csc(C(=O)c2cn(COC(=O)C(N)C(C)C)c3cc(F)ccc23)n1. The number of carbonyl (C=O) groups is 3. The van der Waals surface area contributed by atoms with E-state index in [-0.39, 0.29) is 28.9 Å². The third-order valence-electron chi connectivity index (χ3n) is 4.52. The van der Waals surface area contributed by atoms with Crippen LogP contribution in [-0.2, 0) is 21.0 Å². The van der Waals surface area contributed by atoms with Gasteiger partial charge in [0.05, 0.1) is 18.2 Å². The smallest absolute Gasteiger partial charge is 0.357 e. The standard InChI is InChI=1S/C20H20FN3O5S/c1-10(2)16(22)20(27)29-9-24-7-13(12-5-4-11(21)6-15(12)24)17(25)18-23-14(8-30-18)19(26)28-3/h4-8,10,16H,9,22H2,1-3H3. The lowest BCUT2D eigenvalue weighted by Crippen LogP contribution is -2.37. The molecule has 3 aromatic rings. The second-order valence-electron chi connectivity index (χ2n) is 6.89. The fourth-order valence-electron chi connectivity index (χ4n) is 2.75. The van der Waals surface area contributed by atoms with Crippen molar-refractivity contribution in [3.63, 3.8) is 0 Å². The predicted octanol–water partition coefficient (Wildman–Crippen LogP) is 2.74. The highest BCUT2D eigenvalue weighted by Crippen LogP contribution is 2.26. The molecule has 2 aromatic heterocycles. The van der Waals surface area contributed by atoms with E-state index in [1.165, 1.54) is 41.5 Å². The first-order valence-corrected chi connectivity index (χ1v) is 9.90. The molecule has 2 N–H and O–H groups in total. The maximum absolute atomic E-state index is 13.8. The largest absolute Gasteiger partial charge is 0.464 e. The maximum Gasteiger partial charge on any atom is 0.357 e. The normalized spacial score (nSPS) is 12.2. The number of fused-ring (bicyclic) bond motifs is 1. The summed E-state index contributed by atoms with van der Waals surface area (Å²) >= 11 is 0.996. The van der Waals surface area contributed by atoms with Gasteiger partial charge in [-0.25, -0.2) is 14.2 Å². The summed E-state index contributed by atoms with van der Waals surface area (Å²) in [5.41, 5.74) is 6.42. The average molecular weight is 433 g/mol. The predicted molar refractivity (Wildman–Crippen MR) is 108 cm³/mol. The summed E-state index contributed by atoms with van der Waals surface area (Å²) in [5.74, 6) is -2.31. The lowest BCUT2D eigenvalue weighted by Gasteiger charge is -2.15. The van der Waals surface area contributed by atoms with Crippen molar-refractivity contribution in [1.29, 1.82) is 0 Å². The van der Waals surface area contributed by atoms with E-state index in [0.717, 1.165) is 11.3 Å². The molecule has 1 atom stereocenters. The molecular weight excluding hydrogens is 413 g/mol. The lowest BCUT2D eigenvalue weighted by atomic mass is 10.1. The van der Waals surface area contributed by atoms with E-state index in [9.17, 15) is 18.8 Å². The van der Waals surface area contributed by atoms with Crippen LogP contribution in [0, 0.1) is 11.7 Å². The molecule has 0 saturated carbocycles. The van der Waals surface area contributed by atoms with Gasteiger partial charge in [-0.2, -0.15) is 0 Å². The van der Waals surface area contributed by atoms with Crippen LogP contribution in [0.1, 0.15) is 39.7 Å². The third kappa shape index (κ3) is 4.24. The van der Waals surface area contributed by atoms with Crippen molar-refractivity contribution in [2.75, 3.05) is 7.11 Å². The first kappa shape index (κ1) is 21.6. The molecule has 0 bridgehead atoms. The van der Waals surface area contributed by atoms with E-state index >= 15 is 0 Å². The molecule has 10 heteroatoms. The minimum Gasteiger partial charge on any atom is -0.464 e. The Morgan fingerprint density at radius 3 is 2.70 bits per heavy atom. The zero-order chi connectivity index (χ0) is 22.0. The molecule has 30 heavy (non-hydrogen) atoms. The van der Waals surface area contributed by atoms with Crippen LogP contribution in [0.4, 0.5) is 4.39 Å². The Hall–Kier alpha value is -3.11. The van der Waals surface area contributed by atoms with Crippen LogP contribution in [0.3, 0.4) is 0 Å². The van der Waals surface area contributed by atoms with E-state index in [1.807, 2.05) is 0 Å². The molecule has 0 radical (unpaired) electrons. The number of ketones is 1. The van der Waals surface area contributed by atoms with E-state index < -0.39 is 29.6 Å². The second-order valence-corrected chi connectivity index (χ2v) is 7.75. The summed E-state index contributed by atoms with van der Waals surface area (Å²) in [6, 6.07) is 3.14. The Labute approximate surface area is 175 Å². The number of methoxy groups -OCH3 is 1. The van der Waals surface area contributed by atoms with Gasteiger partial charge < -0.3 is 19.8 Å². The molecule has 0 amide bonds. The van der Waals surface area contributed by atoms with Crippen LogP contribution in [0.15, 0.2) is 29.8 Å². The van der Waals surface area contributed by atoms with Gasteiger partial charge in [0.2, 0.25) is 5.78 Å². The third-order valence-corrected chi connectivity index (χ3v) is 5.36. The first-order valence-electron chi connectivity index (χ1n) is 9.02. The summed E-state index contributed by atoms with van der Waals surface area (Å²) in [5, 5.41) is 1.96. The Bertz CT molecular complexity index is 1120. The number of thiazole rings is 1. The van der Waals surface area contributed by atoms with Crippen LogP contribution in [-0.4, -0.2) is 40.4 Å². The van der Waals surface area contributed by atoms with Gasteiger partial charge in [-0.15, -0.1) is 11.3 Å². The van der Waals surface area contributed by atoms with Crippen LogP contribution in [0.2, 0.25) is 0 Å². The molecule has 1 aromatic carbocycles. The number of benzene rings is 1. The van der Waals surface area contributed by atoms with E-state index in [2.05, 4.69) is 9.72 Å². The van der Waals surface area contributed by atoms with Gasteiger partial charge in [0, 0.05) is 17.0 Å². The van der Waals surface area contributed by atoms with Gasteiger partial charge >= 0.3 is 11.9 Å². The van der Waals surface area contributed by atoms with E-state index in [1.54, 1.807) is 13.8 Å². The van der Waals surface area contributed by atoms with Crippen molar-refractivity contribution in [1.82, 2.24) is 9.55 Å². The Kier molecular flexibility index (Phi) is 6.28. The monoisotopic (exact) mass is 433 g/mol. The number of carbonyl (C=O) groups excluding carboxylic acids is 3. The lowest BCUT2D eigenvalue weighted by molar-refractivity contribution is -0.150. The molecule has 0 fully saturated rings. The Balaban J connectivity index is 1.94. The first-order chi connectivity index (χ1) is 14.2. The highest BCUT2D eigenvalue weighted by Gasteiger charge is 2.23. The summed E-state index contributed by atoms with van der Waals surface area (Å²) in [7, 11) is 1.22. The van der Waals surface area contributed by atoms with Crippen molar-refractivity contribution in [3.8, 4) is 0 Å². The average Bonchev–Trinajstić information content (AvgIpc) is 3.35. The maximum atomic E-state index is 13.8. The van der Waals surface area contributed by atoms with Gasteiger partial charge in [0.15, 0.2) is 17.4 Å². The summed E-state index contributed by atoms with van der Waals surface area (Å²) in [6.07, 6.45) is 1.46. The number of hydrogen-bond donors (Lipinski definition) is 1. The topological polar surface area (TPSA) is 114 Å². The van der Waals surface area contributed by atoms with Crippen LogP contribution in [0.5, 0.6) is 0 Å². The summed E-state index contributed by atoms with van der Waals surface area (Å²) in [4.78, 5) is 40.7. The quantitative estimate of drug-likeness (QED) is 0.450. The Morgan fingerprint density at radius 2 is 2.03 bits per heavy atom. The highest BCUT2D eigenvalue weighted by molar-refractivity contribution is 7.12. The minimum atomic E-state index is -0.795. The molecule has 0 saturated heterocycles. The zero-order valence-corrected chi connectivity index (χ0v) is 17.4. The van der Waals surface area contributed by atoms with E-state index in [4.69, 9.17) is 10.5 Å². The number of halogens is 1. The number of nitrogens with zero attached hydrogens (tertiary/aromatic N) is 2. The zero-order valence-electron chi connectivity index (χ0n) is 16.5. The van der Waals surface area contributed by atoms with Gasteiger partial charge in [-0.1, -0.05) is 13.8 Å². The van der Waals surface area contributed by atoms with Crippen molar-refractivity contribution in [3.05, 3.63) is 51.9 Å². The van der Waals surface area contributed by atoms with Gasteiger partial charge in [-0.05, 0) is 24.1 Å². The molecule has 0 aliphatic carbocycles. The van der Waals surface area contributed by atoms with Gasteiger partial charge in [0.25, 0.3) is 0 Å². The highest BCUT2D eigenvalue weighted by atomic mass is 32.1. The number of esters is 2. The molecule has 158 valence electrons. The molecule has 3 rings (SSSR count). The van der Waals surface area contributed by atoms with Crippen LogP contribution < -0.4 is 5.73 Å². The van der Waals surface area contributed by atoms with Crippen LogP contribution in [0.25, 0.3) is 10.9 Å². The molecular formula is C20H20FN3O5S. The fourth-order valence-corrected chi connectivity index (χ4v) is 3.49. The van der Waals surface area contributed by atoms with Gasteiger partial charge in [0.1, 0.15) is 11.9 Å². The molecule has 1 unspecified atom stereocenters. The minimum absolute atomic E-state index is 0.0252. The molecule has 8 nitrogen and oxygen atoms in total. The molecule has 0 aliphatic heterocycles. The van der Waals surface area contributed by atoms with Crippen molar-refractivity contribution < 1.29 is 28.2 Å². The van der Waals surface area contributed by atoms with E-state index in [0.29, 0.717) is 10.9 Å². The van der Waals surface area contributed by atoms with Crippen molar-refractivity contribution in [2.45, 2.75) is 26.6 Å². The van der Waals surface area contributed by atoms with Gasteiger partial charge in [-0.3, -0.25) is 9.59 Å².